The van der Waals surface area contributed by atoms with Crippen molar-refractivity contribution in [1.29, 1.82) is 0 Å². The van der Waals surface area contributed by atoms with Gasteiger partial charge in [0, 0.05) is 11.8 Å². The second-order valence-corrected chi connectivity index (χ2v) is 5.71. The van der Waals surface area contributed by atoms with E-state index < -0.39 is 0 Å². The van der Waals surface area contributed by atoms with Gasteiger partial charge in [0.2, 0.25) is 6.54 Å². The summed E-state index contributed by atoms with van der Waals surface area (Å²) in [5.41, 5.74) is 4.17. The van der Waals surface area contributed by atoms with Crippen LogP contribution in [0, 0.1) is 0 Å². The molecule has 0 bridgehead atoms. The molecular formula is C18H19N2O2+. The Balaban J connectivity index is 1.67. The summed E-state index contributed by atoms with van der Waals surface area (Å²) in [4.78, 5) is 23.5. The molecule has 1 amide bonds. The fraction of sp³-hybridized carbons (Fsp3) is 0.278. The molecule has 0 unspecified atom stereocenters. The Morgan fingerprint density at radius 2 is 2.00 bits per heavy atom. The van der Waals surface area contributed by atoms with E-state index in [1.54, 1.807) is 29.1 Å². The first-order chi connectivity index (χ1) is 10.6. The summed E-state index contributed by atoms with van der Waals surface area (Å²) in [5, 5.41) is 2.92. The molecule has 1 aliphatic rings. The van der Waals surface area contributed by atoms with Crippen molar-refractivity contribution in [1.82, 2.24) is 0 Å². The van der Waals surface area contributed by atoms with E-state index in [1.807, 2.05) is 6.07 Å². The number of fused-ring (bicyclic) bond motifs is 1. The molecule has 0 fully saturated rings. The first kappa shape index (κ1) is 14.4. The molecule has 22 heavy (non-hydrogen) atoms. The van der Waals surface area contributed by atoms with Gasteiger partial charge in [-0.25, -0.2) is 0 Å². The lowest BCUT2D eigenvalue weighted by Gasteiger charge is -2.06. The van der Waals surface area contributed by atoms with Gasteiger partial charge >= 0.3 is 0 Å². The Morgan fingerprint density at radius 1 is 1.18 bits per heavy atom. The Hall–Kier alpha value is -2.49. The molecule has 0 aliphatic heterocycles. The highest BCUT2D eigenvalue weighted by Crippen LogP contribution is 2.24. The number of rotatable bonds is 4. The Labute approximate surface area is 129 Å². The Kier molecular flexibility index (Phi) is 4.00. The molecule has 4 nitrogen and oxygen atoms in total. The van der Waals surface area contributed by atoms with Gasteiger partial charge in [0.05, 0.1) is 5.56 Å². The summed E-state index contributed by atoms with van der Waals surface area (Å²) in [6.45, 7) is 1.71. The second-order valence-electron chi connectivity index (χ2n) is 5.71. The molecule has 0 radical (unpaired) electrons. The van der Waals surface area contributed by atoms with Gasteiger partial charge in [0.1, 0.15) is 0 Å². The highest BCUT2D eigenvalue weighted by atomic mass is 16.2. The quantitative estimate of drug-likeness (QED) is 0.695. The fourth-order valence-electron chi connectivity index (χ4n) is 2.84. The molecule has 0 spiro atoms. The number of carbonyl (C=O) groups is 2. The van der Waals surface area contributed by atoms with Crippen molar-refractivity contribution in [3.63, 3.8) is 0 Å². The maximum absolute atomic E-state index is 12.1. The van der Waals surface area contributed by atoms with Crippen LogP contribution < -0.4 is 9.88 Å². The molecule has 1 aromatic heterocycles. The predicted molar refractivity (Wildman–Crippen MR) is 83.7 cm³/mol. The normalized spacial score (nSPS) is 12.8. The van der Waals surface area contributed by atoms with E-state index in [-0.39, 0.29) is 18.2 Å². The number of amides is 1. The molecule has 0 atom stereocenters. The van der Waals surface area contributed by atoms with Crippen LogP contribution in [0.3, 0.4) is 0 Å². The average molecular weight is 295 g/mol. The molecule has 1 N–H and O–H groups in total. The Bertz CT molecular complexity index is 738. The molecule has 4 heteroatoms. The number of Topliss-reactive ketones (excluding diaryl/α,β-unsaturated/α-hetero) is 1. The molecule has 1 aromatic carbocycles. The summed E-state index contributed by atoms with van der Waals surface area (Å²) in [6.07, 6.45) is 6.91. The van der Waals surface area contributed by atoms with Crippen molar-refractivity contribution in [2.24, 2.45) is 0 Å². The minimum absolute atomic E-state index is 0.00613. The molecule has 3 rings (SSSR count). The third-order valence-corrected chi connectivity index (χ3v) is 3.97. The lowest BCUT2D eigenvalue weighted by Crippen LogP contribution is -2.40. The first-order valence-corrected chi connectivity index (χ1v) is 7.53. The number of carbonyl (C=O) groups excluding carboxylic acids is 2. The van der Waals surface area contributed by atoms with Crippen LogP contribution in [0.15, 0.2) is 42.7 Å². The number of aryl methyl sites for hydroxylation is 2. The van der Waals surface area contributed by atoms with Crippen LogP contribution in [0.5, 0.6) is 0 Å². The predicted octanol–water partition coefficient (Wildman–Crippen LogP) is 2.30. The highest BCUT2D eigenvalue weighted by Gasteiger charge is 2.14. The number of hydrogen-bond donors (Lipinski definition) is 1. The van der Waals surface area contributed by atoms with Crippen molar-refractivity contribution >= 4 is 17.4 Å². The average Bonchev–Trinajstić information content (AvgIpc) is 2.95. The van der Waals surface area contributed by atoms with E-state index in [0.717, 1.165) is 18.5 Å². The number of ketones is 1. The topological polar surface area (TPSA) is 50.0 Å². The van der Waals surface area contributed by atoms with E-state index >= 15 is 0 Å². The van der Waals surface area contributed by atoms with E-state index in [4.69, 9.17) is 0 Å². The zero-order valence-corrected chi connectivity index (χ0v) is 12.6. The molecular weight excluding hydrogens is 276 g/mol. The number of aromatic nitrogens is 1. The zero-order valence-electron chi connectivity index (χ0n) is 12.6. The van der Waals surface area contributed by atoms with E-state index in [9.17, 15) is 9.59 Å². The number of nitrogens with zero attached hydrogens (tertiary/aromatic N) is 1. The number of anilines is 1. The van der Waals surface area contributed by atoms with E-state index in [2.05, 4.69) is 17.4 Å². The first-order valence-electron chi connectivity index (χ1n) is 7.53. The minimum Gasteiger partial charge on any atom is -0.321 e. The summed E-state index contributed by atoms with van der Waals surface area (Å²) in [5.74, 6) is -0.1000. The number of benzene rings is 1. The SMILES string of the molecule is CC(=O)c1ccc[n+](CC(=O)Nc2ccc3c(c2)CCC3)c1. The summed E-state index contributed by atoms with van der Waals surface area (Å²) in [6, 6.07) is 9.65. The van der Waals surface area contributed by atoms with Crippen LogP contribution in [0.1, 0.15) is 34.8 Å². The van der Waals surface area contributed by atoms with Gasteiger partial charge in [-0.05, 0) is 55.5 Å². The van der Waals surface area contributed by atoms with Crippen LogP contribution in [0.2, 0.25) is 0 Å². The van der Waals surface area contributed by atoms with E-state index in [0.29, 0.717) is 5.56 Å². The molecule has 0 saturated carbocycles. The monoisotopic (exact) mass is 295 g/mol. The Morgan fingerprint density at radius 3 is 2.82 bits per heavy atom. The largest absolute Gasteiger partial charge is 0.321 e. The molecule has 2 aromatic rings. The third-order valence-electron chi connectivity index (χ3n) is 3.97. The van der Waals surface area contributed by atoms with E-state index in [1.165, 1.54) is 24.5 Å². The molecule has 1 aliphatic carbocycles. The molecule has 0 saturated heterocycles. The molecule has 1 heterocycles. The smallest absolute Gasteiger partial charge is 0.290 e. The lowest BCUT2D eigenvalue weighted by molar-refractivity contribution is -0.684. The van der Waals surface area contributed by atoms with Gasteiger partial charge in [-0.1, -0.05) is 6.07 Å². The number of nitrogens with one attached hydrogen (secondary N) is 1. The summed E-state index contributed by atoms with van der Waals surface area (Å²) < 4.78 is 1.72. The highest BCUT2D eigenvalue weighted by molar-refractivity contribution is 5.93. The molecule has 112 valence electrons. The third kappa shape index (κ3) is 3.22. The van der Waals surface area contributed by atoms with Crippen molar-refractivity contribution in [2.75, 3.05) is 5.32 Å². The van der Waals surface area contributed by atoms with Crippen molar-refractivity contribution in [2.45, 2.75) is 32.7 Å². The van der Waals surface area contributed by atoms with Gasteiger partial charge in [0.15, 0.2) is 18.2 Å². The van der Waals surface area contributed by atoms with Crippen LogP contribution in [0.25, 0.3) is 0 Å². The number of pyridine rings is 1. The van der Waals surface area contributed by atoms with Crippen molar-refractivity contribution in [3.8, 4) is 0 Å². The van der Waals surface area contributed by atoms with Gasteiger partial charge in [-0.15, -0.1) is 0 Å². The van der Waals surface area contributed by atoms with Gasteiger partial charge < -0.3 is 5.32 Å². The van der Waals surface area contributed by atoms with Crippen LogP contribution in [-0.4, -0.2) is 11.7 Å². The van der Waals surface area contributed by atoms with Gasteiger partial charge in [0.25, 0.3) is 5.91 Å². The van der Waals surface area contributed by atoms with Gasteiger partial charge in [-0.3, -0.25) is 9.59 Å². The minimum atomic E-state index is -0.0938. The number of hydrogen-bond acceptors (Lipinski definition) is 2. The summed E-state index contributed by atoms with van der Waals surface area (Å²) >= 11 is 0. The van der Waals surface area contributed by atoms with Crippen molar-refractivity contribution in [3.05, 3.63) is 59.4 Å². The summed E-state index contributed by atoms with van der Waals surface area (Å²) in [7, 11) is 0. The van der Waals surface area contributed by atoms with Crippen molar-refractivity contribution < 1.29 is 14.2 Å². The zero-order chi connectivity index (χ0) is 15.5. The van der Waals surface area contributed by atoms with Gasteiger partial charge in [-0.2, -0.15) is 4.57 Å². The maximum Gasteiger partial charge on any atom is 0.290 e. The van der Waals surface area contributed by atoms with Crippen LogP contribution in [0.4, 0.5) is 5.69 Å². The fourth-order valence-corrected chi connectivity index (χ4v) is 2.84. The maximum atomic E-state index is 12.1. The van der Waals surface area contributed by atoms with Crippen LogP contribution in [-0.2, 0) is 24.2 Å². The lowest BCUT2D eigenvalue weighted by atomic mass is 10.1. The van der Waals surface area contributed by atoms with Crippen LogP contribution >= 0.6 is 0 Å². The standard InChI is InChI=1S/C18H18N2O2/c1-13(21)16-6-3-9-20(11-16)12-18(22)19-17-8-7-14-4-2-5-15(14)10-17/h3,6-11H,2,4-5,12H2,1H3/p+1. The second kappa shape index (κ2) is 6.10.